The summed E-state index contributed by atoms with van der Waals surface area (Å²) >= 11 is 0. The monoisotopic (exact) mass is 400 g/mol. The van der Waals surface area contributed by atoms with E-state index in [0.29, 0.717) is 0 Å². The van der Waals surface area contributed by atoms with Gasteiger partial charge in [0.1, 0.15) is 0 Å². The van der Waals surface area contributed by atoms with Crippen LogP contribution in [0, 0.1) is 0 Å². The van der Waals surface area contributed by atoms with E-state index in [-0.39, 0.29) is 0 Å². The molecule has 10 N–H and O–H groups in total. The number of nitrogens with one attached hydrogen (secondary N) is 2. The summed E-state index contributed by atoms with van der Waals surface area (Å²) in [5, 5.41) is 40.0. The number of aliphatic carboxylic acids is 2. The molecule has 28 heavy (non-hydrogen) atoms. The van der Waals surface area contributed by atoms with Gasteiger partial charge in [-0.25, -0.2) is 9.97 Å². The van der Waals surface area contributed by atoms with Crippen molar-refractivity contribution in [2.75, 3.05) is 24.7 Å². The van der Waals surface area contributed by atoms with E-state index < -0.39 is 84.9 Å². The van der Waals surface area contributed by atoms with Gasteiger partial charge in [0.15, 0.2) is 23.0 Å². The predicted octanol–water partition coefficient (Wildman–Crippen LogP) is -3.23. The average molecular weight is 400 g/mol. The number of carbonyl (C=O) groups is 4. The molecule has 0 saturated carbocycles. The van der Waals surface area contributed by atoms with E-state index in [9.17, 15) is 19.2 Å². The normalized spacial score (nSPS) is 12.6. The second kappa shape index (κ2) is 9.98. The lowest BCUT2D eigenvalue weighted by Gasteiger charge is -2.16. The molecule has 2 unspecified atom stereocenters. The number of nitrogen functional groups attached to an aromatic ring is 2. The Morgan fingerprint density at radius 1 is 0.786 bits per heavy atom. The van der Waals surface area contributed by atoms with Gasteiger partial charge in [-0.15, -0.1) is 0 Å². The molecule has 0 fully saturated rings. The van der Waals surface area contributed by atoms with Gasteiger partial charge in [0.2, 0.25) is 0 Å². The lowest BCUT2D eigenvalue weighted by Crippen LogP contribution is -2.41. The maximum Gasteiger partial charge on any atom is 0.305 e. The third kappa shape index (κ3) is 6.33. The van der Waals surface area contributed by atoms with Crippen molar-refractivity contribution in [1.29, 1.82) is 0 Å². The van der Waals surface area contributed by atoms with Gasteiger partial charge in [0.05, 0.1) is 38.1 Å². The maximum atomic E-state index is 12.1. The standard InChI is InChI=1S/C14H20N6O8/c15-11-9(13(27)17-5(3-21)1-7(23)24)19-12(16)10(20-11)14(28)18-6(4-22)2-8(25)26/h5-6,21-22H,1-4H2,(H2,16,19)(H2,15,20)(H,17,27)(H,18,28)(H,23,24)(H,25,26). The summed E-state index contributed by atoms with van der Waals surface area (Å²) in [6, 6.07) is -2.23. The van der Waals surface area contributed by atoms with Crippen LogP contribution in [0.4, 0.5) is 11.6 Å². The number of amides is 2. The molecule has 0 radical (unpaired) electrons. The predicted molar refractivity (Wildman–Crippen MR) is 92.0 cm³/mol. The number of carboxylic acids is 2. The summed E-state index contributed by atoms with van der Waals surface area (Å²) in [5.41, 5.74) is 10.2. The number of rotatable bonds is 10. The average Bonchev–Trinajstić information content (AvgIpc) is 2.60. The first-order valence-corrected chi connectivity index (χ1v) is 7.79. The summed E-state index contributed by atoms with van der Waals surface area (Å²) < 4.78 is 0. The van der Waals surface area contributed by atoms with E-state index >= 15 is 0 Å². The fourth-order valence-corrected chi connectivity index (χ4v) is 2.05. The second-order valence-electron chi connectivity index (χ2n) is 5.59. The molecule has 0 bridgehead atoms. The number of nitrogens with two attached hydrogens (primary N) is 2. The number of aromatic nitrogens is 2. The lowest BCUT2D eigenvalue weighted by molar-refractivity contribution is -0.138. The van der Waals surface area contributed by atoms with E-state index in [1.807, 2.05) is 0 Å². The van der Waals surface area contributed by atoms with Crippen molar-refractivity contribution in [3.05, 3.63) is 11.4 Å². The van der Waals surface area contributed by atoms with Gasteiger partial charge >= 0.3 is 11.9 Å². The summed E-state index contributed by atoms with van der Waals surface area (Å²) in [5.74, 6) is -5.48. The Morgan fingerprint density at radius 3 is 1.36 bits per heavy atom. The molecule has 14 nitrogen and oxygen atoms in total. The van der Waals surface area contributed by atoms with Crippen LogP contribution in [0.25, 0.3) is 0 Å². The van der Waals surface area contributed by atoms with Gasteiger partial charge in [0.25, 0.3) is 11.8 Å². The van der Waals surface area contributed by atoms with Crippen molar-refractivity contribution in [1.82, 2.24) is 20.6 Å². The van der Waals surface area contributed by atoms with Gasteiger partial charge in [-0.2, -0.15) is 0 Å². The Hall–Kier alpha value is -3.52. The summed E-state index contributed by atoms with van der Waals surface area (Å²) in [6.45, 7) is -1.32. The molecule has 154 valence electrons. The van der Waals surface area contributed by atoms with Crippen LogP contribution < -0.4 is 22.1 Å². The van der Waals surface area contributed by atoms with Crippen LogP contribution >= 0.6 is 0 Å². The van der Waals surface area contributed by atoms with E-state index in [1.165, 1.54) is 0 Å². The summed E-state index contributed by atoms with van der Waals surface area (Å²) in [7, 11) is 0. The highest BCUT2D eigenvalue weighted by Crippen LogP contribution is 2.14. The SMILES string of the molecule is Nc1nc(C(=O)NC(CO)CC(=O)O)c(N)nc1C(=O)NC(CO)CC(=O)O. The van der Waals surface area contributed by atoms with Gasteiger partial charge < -0.3 is 42.5 Å². The van der Waals surface area contributed by atoms with Gasteiger partial charge in [0, 0.05) is 0 Å². The molecule has 0 aliphatic heterocycles. The number of carbonyl (C=O) groups excluding carboxylic acids is 2. The largest absolute Gasteiger partial charge is 0.481 e. The van der Waals surface area contributed by atoms with Crippen molar-refractivity contribution in [2.24, 2.45) is 0 Å². The van der Waals surface area contributed by atoms with Gasteiger partial charge in [-0.05, 0) is 0 Å². The fraction of sp³-hybridized carbons (Fsp3) is 0.429. The number of nitrogens with zero attached hydrogens (tertiary/aromatic N) is 2. The van der Waals surface area contributed by atoms with Crippen LogP contribution in [0.15, 0.2) is 0 Å². The maximum absolute atomic E-state index is 12.1. The Bertz CT molecular complexity index is 707. The minimum atomic E-state index is -1.26. The molecule has 2 atom stereocenters. The van der Waals surface area contributed by atoms with Crippen molar-refractivity contribution in [3.8, 4) is 0 Å². The quantitative estimate of drug-likeness (QED) is 0.193. The topological polar surface area (TPSA) is 251 Å². The van der Waals surface area contributed by atoms with Crippen molar-refractivity contribution in [3.63, 3.8) is 0 Å². The molecule has 0 aliphatic carbocycles. The molecule has 1 rings (SSSR count). The Morgan fingerprint density at radius 2 is 1.11 bits per heavy atom. The third-order valence-electron chi connectivity index (χ3n) is 3.33. The van der Waals surface area contributed by atoms with Crippen molar-refractivity contribution < 1.29 is 39.6 Å². The molecule has 14 heteroatoms. The van der Waals surface area contributed by atoms with Crippen LogP contribution in [0.5, 0.6) is 0 Å². The van der Waals surface area contributed by atoms with Crippen LogP contribution in [-0.2, 0) is 9.59 Å². The van der Waals surface area contributed by atoms with Crippen molar-refractivity contribution in [2.45, 2.75) is 24.9 Å². The minimum absolute atomic E-state index is 0.498. The lowest BCUT2D eigenvalue weighted by atomic mass is 10.2. The zero-order valence-corrected chi connectivity index (χ0v) is 14.5. The molecular formula is C14H20N6O8. The van der Waals surface area contributed by atoms with Crippen LogP contribution in [-0.4, -0.2) is 79.4 Å². The molecule has 0 aromatic carbocycles. The van der Waals surface area contributed by atoms with E-state index in [4.69, 9.17) is 31.9 Å². The van der Waals surface area contributed by atoms with E-state index in [1.54, 1.807) is 0 Å². The Kier molecular flexibility index (Phi) is 8.03. The highest BCUT2D eigenvalue weighted by atomic mass is 16.4. The van der Waals surface area contributed by atoms with E-state index in [2.05, 4.69) is 20.6 Å². The number of hydrogen-bond acceptors (Lipinski definition) is 10. The first-order chi connectivity index (χ1) is 13.1. The molecule has 2 amide bonds. The number of hydrogen-bond donors (Lipinski definition) is 8. The zero-order valence-electron chi connectivity index (χ0n) is 14.5. The second-order valence-corrected chi connectivity index (χ2v) is 5.59. The Labute approximate surface area is 157 Å². The van der Waals surface area contributed by atoms with Crippen LogP contribution in [0.3, 0.4) is 0 Å². The highest BCUT2D eigenvalue weighted by molar-refractivity contribution is 6.01. The molecule has 1 aromatic rings. The van der Waals surface area contributed by atoms with Gasteiger partial charge in [-0.3, -0.25) is 19.2 Å². The minimum Gasteiger partial charge on any atom is -0.481 e. The molecule has 1 aromatic heterocycles. The number of anilines is 2. The number of carboxylic acid groups (broad SMARTS) is 2. The van der Waals surface area contributed by atoms with Crippen molar-refractivity contribution >= 4 is 35.4 Å². The fourth-order valence-electron chi connectivity index (χ4n) is 2.05. The molecule has 1 heterocycles. The third-order valence-corrected chi connectivity index (χ3v) is 3.33. The summed E-state index contributed by atoms with van der Waals surface area (Å²) in [4.78, 5) is 53.0. The first-order valence-electron chi connectivity index (χ1n) is 7.79. The molecule has 0 saturated heterocycles. The molecule has 0 spiro atoms. The summed E-state index contributed by atoms with van der Waals surface area (Å²) in [6.07, 6.45) is -1.12. The highest BCUT2D eigenvalue weighted by Gasteiger charge is 2.24. The van der Waals surface area contributed by atoms with Crippen LogP contribution in [0.1, 0.15) is 33.8 Å². The smallest absolute Gasteiger partial charge is 0.305 e. The Balaban J connectivity index is 3.00. The van der Waals surface area contributed by atoms with E-state index in [0.717, 1.165) is 0 Å². The number of aliphatic hydroxyl groups is 2. The zero-order chi connectivity index (χ0) is 21.4. The number of aliphatic hydroxyl groups excluding tert-OH is 2. The van der Waals surface area contributed by atoms with Gasteiger partial charge in [-0.1, -0.05) is 0 Å². The molecular weight excluding hydrogens is 380 g/mol. The van der Waals surface area contributed by atoms with Crippen LogP contribution in [0.2, 0.25) is 0 Å². The first kappa shape index (κ1) is 22.5. The molecule has 0 aliphatic rings.